The number of amides is 1. The smallest absolute Gasteiger partial charge is 0.245 e. The molecule has 1 aliphatic heterocycles. The van der Waals surface area contributed by atoms with Gasteiger partial charge in [-0.15, -0.1) is 11.8 Å². The molecule has 136 valence electrons. The van der Waals surface area contributed by atoms with Crippen molar-refractivity contribution < 1.29 is 4.79 Å². The Hall–Kier alpha value is -3.04. The molecule has 0 saturated carbocycles. The zero-order chi connectivity index (χ0) is 18.9. The van der Waals surface area contributed by atoms with E-state index in [-0.39, 0.29) is 11.2 Å². The highest BCUT2D eigenvalue weighted by Crippen LogP contribution is 2.48. The molecule has 0 bridgehead atoms. The Labute approximate surface area is 168 Å². The van der Waals surface area contributed by atoms with Crippen LogP contribution in [-0.4, -0.2) is 5.91 Å². The number of nitrogens with zero attached hydrogens (tertiary/aromatic N) is 1. The molecule has 1 amide bonds. The Morgan fingerprint density at radius 2 is 1.46 bits per heavy atom. The SMILES string of the molecule is O=C1C(Sc2cccc3ccccc23)c2ccccc2N1Cc1ccccc1. The Morgan fingerprint density at radius 1 is 0.750 bits per heavy atom. The van der Waals surface area contributed by atoms with Gasteiger partial charge < -0.3 is 4.90 Å². The maximum atomic E-state index is 13.4. The number of benzene rings is 4. The fourth-order valence-electron chi connectivity index (χ4n) is 3.82. The molecule has 4 aromatic carbocycles. The van der Waals surface area contributed by atoms with Gasteiger partial charge in [0.05, 0.1) is 6.54 Å². The number of thioether (sulfide) groups is 1. The average Bonchev–Trinajstić information content (AvgIpc) is 3.01. The summed E-state index contributed by atoms with van der Waals surface area (Å²) in [7, 11) is 0. The van der Waals surface area contributed by atoms with E-state index in [0.29, 0.717) is 6.54 Å². The number of para-hydroxylation sites is 1. The minimum atomic E-state index is -0.217. The molecule has 28 heavy (non-hydrogen) atoms. The van der Waals surface area contributed by atoms with Crippen molar-refractivity contribution in [3.8, 4) is 0 Å². The molecule has 3 heteroatoms. The monoisotopic (exact) mass is 381 g/mol. The van der Waals surface area contributed by atoms with Gasteiger partial charge >= 0.3 is 0 Å². The highest BCUT2D eigenvalue weighted by atomic mass is 32.2. The molecule has 0 aliphatic carbocycles. The van der Waals surface area contributed by atoms with E-state index in [1.165, 1.54) is 10.8 Å². The van der Waals surface area contributed by atoms with Crippen molar-refractivity contribution in [2.45, 2.75) is 16.7 Å². The molecule has 4 aromatic rings. The molecular weight excluding hydrogens is 362 g/mol. The van der Waals surface area contributed by atoms with Crippen molar-refractivity contribution in [1.82, 2.24) is 0 Å². The highest BCUT2D eigenvalue weighted by Gasteiger charge is 2.37. The van der Waals surface area contributed by atoms with Crippen molar-refractivity contribution in [3.05, 3.63) is 108 Å². The lowest BCUT2D eigenvalue weighted by Gasteiger charge is -2.18. The van der Waals surface area contributed by atoms with Crippen LogP contribution in [-0.2, 0) is 11.3 Å². The van der Waals surface area contributed by atoms with E-state index in [1.807, 2.05) is 41.3 Å². The van der Waals surface area contributed by atoms with Crippen LogP contribution in [0.1, 0.15) is 16.4 Å². The van der Waals surface area contributed by atoms with Crippen LogP contribution in [0.3, 0.4) is 0 Å². The number of rotatable bonds is 4. The number of carbonyl (C=O) groups is 1. The zero-order valence-electron chi connectivity index (χ0n) is 15.3. The van der Waals surface area contributed by atoms with Crippen molar-refractivity contribution in [3.63, 3.8) is 0 Å². The quantitative estimate of drug-likeness (QED) is 0.418. The molecule has 0 N–H and O–H groups in total. The minimum absolute atomic E-state index is 0.156. The number of anilines is 1. The fraction of sp³-hybridized carbons (Fsp3) is 0.0800. The summed E-state index contributed by atoms with van der Waals surface area (Å²) in [5.74, 6) is 0.156. The third-order valence-electron chi connectivity index (χ3n) is 5.18. The molecule has 2 nitrogen and oxygen atoms in total. The largest absolute Gasteiger partial charge is 0.306 e. The Morgan fingerprint density at radius 3 is 2.36 bits per heavy atom. The normalized spacial score (nSPS) is 15.8. The van der Waals surface area contributed by atoms with Crippen LogP contribution in [0.2, 0.25) is 0 Å². The van der Waals surface area contributed by atoms with Gasteiger partial charge in [-0.1, -0.05) is 84.9 Å². The van der Waals surface area contributed by atoms with Gasteiger partial charge in [0.25, 0.3) is 0 Å². The summed E-state index contributed by atoms with van der Waals surface area (Å²) in [4.78, 5) is 16.5. The lowest BCUT2D eigenvalue weighted by atomic mass is 10.1. The van der Waals surface area contributed by atoms with Crippen LogP contribution in [0.15, 0.2) is 102 Å². The Kier molecular flexibility index (Phi) is 4.38. The topological polar surface area (TPSA) is 20.3 Å². The van der Waals surface area contributed by atoms with Crippen LogP contribution < -0.4 is 4.90 Å². The van der Waals surface area contributed by atoms with Crippen molar-refractivity contribution >= 4 is 34.1 Å². The van der Waals surface area contributed by atoms with E-state index in [4.69, 9.17) is 0 Å². The van der Waals surface area contributed by atoms with Gasteiger partial charge in [0.2, 0.25) is 5.91 Å². The fourth-order valence-corrected chi connectivity index (χ4v) is 5.09. The van der Waals surface area contributed by atoms with E-state index >= 15 is 0 Å². The van der Waals surface area contributed by atoms with Crippen molar-refractivity contribution in [1.29, 1.82) is 0 Å². The zero-order valence-corrected chi connectivity index (χ0v) is 16.1. The first-order chi connectivity index (χ1) is 13.8. The van der Waals surface area contributed by atoms with E-state index in [0.717, 1.165) is 21.7 Å². The summed E-state index contributed by atoms with van der Waals surface area (Å²) >= 11 is 1.65. The molecule has 1 unspecified atom stereocenters. The summed E-state index contributed by atoms with van der Waals surface area (Å²) < 4.78 is 0. The number of hydrogen-bond acceptors (Lipinski definition) is 2. The predicted octanol–water partition coefficient (Wildman–Crippen LogP) is 6.22. The summed E-state index contributed by atoms with van der Waals surface area (Å²) in [6, 6.07) is 33.0. The molecule has 0 radical (unpaired) electrons. The standard InChI is InChI=1S/C25H19NOS/c27-25-24(28-23-16-8-12-19-11-4-5-13-20(19)23)21-14-6-7-15-22(21)26(25)17-18-9-2-1-3-10-18/h1-16,24H,17H2. The molecule has 0 aromatic heterocycles. The van der Waals surface area contributed by atoms with E-state index in [2.05, 4.69) is 60.7 Å². The summed E-state index contributed by atoms with van der Waals surface area (Å²) in [5.41, 5.74) is 3.26. The molecule has 0 fully saturated rings. The molecule has 1 aliphatic rings. The van der Waals surface area contributed by atoms with Crippen LogP contribution >= 0.6 is 11.8 Å². The lowest BCUT2D eigenvalue weighted by Crippen LogP contribution is -2.27. The second kappa shape index (κ2) is 7.17. The molecule has 0 saturated heterocycles. The van der Waals surface area contributed by atoms with Crippen LogP contribution in [0, 0.1) is 0 Å². The first-order valence-electron chi connectivity index (χ1n) is 9.40. The van der Waals surface area contributed by atoms with E-state index < -0.39 is 0 Å². The third kappa shape index (κ3) is 2.98. The molecule has 1 heterocycles. The van der Waals surface area contributed by atoms with Gasteiger partial charge in [0, 0.05) is 10.6 Å². The van der Waals surface area contributed by atoms with Gasteiger partial charge in [-0.2, -0.15) is 0 Å². The van der Waals surface area contributed by atoms with Gasteiger partial charge in [-0.3, -0.25) is 4.79 Å². The maximum Gasteiger partial charge on any atom is 0.245 e. The molecular formula is C25H19NOS. The average molecular weight is 382 g/mol. The Balaban J connectivity index is 1.52. The second-order valence-electron chi connectivity index (χ2n) is 6.94. The predicted molar refractivity (Wildman–Crippen MR) is 117 cm³/mol. The molecule has 0 spiro atoms. The lowest BCUT2D eigenvalue weighted by molar-refractivity contribution is -0.117. The summed E-state index contributed by atoms with van der Waals surface area (Å²) in [6.45, 7) is 0.600. The van der Waals surface area contributed by atoms with Crippen molar-refractivity contribution in [2.24, 2.45) is 0 Å². The van der Waals surface area contributed by atoms with Gasteiger partial charge in [-0.05, 0) is 34.0 Å². The van der Waals surface area contributed by atoms with Crippen LogP contribution in [0.25, 0.3) is 10.8 Å². The summed E-state index contributed by atoms with van der Waals surface area (Å²) in [6.07, 6.45) is 0. The Bertz CT molecular complexity index is 1150. The van der Waals surface area contributed by atoms with Gasteiger partial charge in [0.15, 0.2) is 0 Å². The second-order valence-corrected chi connectivity index (χ2v) is 8.09. The van der Waals surface area contributed by atoms with E-state index in [1.54, 1.807) is 11.8 Å². The minimum Gasteiger partial charge on any atom is -0.306 e. The molecule has 5 rings (SSSR count). The number of carbonyl (C=O) groups excluding carboxylic acids is 1. The van der Waals surface area contributed by atoms with Gasteiger partial charge in [0.1, 0.15) is 5.25 Å². The number of fused-ring (bicyclic) bond motifs is 2. The maximum absolute atomic E-state index is 13.4. The first kappa shape index (κ1) is 17.1. The van der Waals surface area contributed by atoms with Crippen LogP contribution in [0.5, 0.6) is 0 Å². The first-order valence-corrected chi connectivity index (χ1v) is 10.3. The van der Waals surface area contributed by atoms with Gasteiger partial charge in [-0.25, -0.2) is 0 Å². The summed E-state index contributed by atoms with van der Waals surface area (Å²) in [5, 5.41) is 2.18. The van der Waals surface area contributed by atoms with E-state index in [9.17, 15) is 4.79 Å². The van der Waals surface area contributed by atoms with Crippen LogP contribution in [0.4, 0.5) is 5.69 Å². The number of hydrogen-bond donors (Lipinski definition) is 0. The van der Waals surface area contributed by atoms with Crippen molar-refractivity contribution in [2.75, 3.05) is 4.90 Å². The highest BCUT2D eigenvalue weighted by molar-refractivity contribution is 8.00. The third-order valence-corrected chi connectivity index (χ3v) is 6.48. The molecule has 1 atom stereocenters.